The Bertz CT molecular complexity index is 568. The second-order valence-electron chi connectivity index (χ2n) is 4.91. The molecule has 5 nitrogen and oxygen atoms in total. The van der Waals surface area contributed by atoms with Crippen molar-refractivity contribution in [1.82, 2.24) is 4.90 Å². The van der Waals surface area contributed by atoms with E-state index in [4.69, 9.17) is 17.0 Å². The molecule has 0 amide bonds. The van der Waals surface area contributed by atoms with Crippen molar-refractivity contribution in [3.05, 3.63) is 29.3 Å². The van der Waals surface area contributed by atoms with Crippen molar-refractivity contribution < 1.29 is 0 Å². The molecule has 1 aliphatic heterocycles. The van der Waals surface area contributed by atoms with Gasteiger partial charge in [-0.1, -0.05) is 36.6 Å². The van der Waals surface area contributed by atoms with E-state index in [-0.39, 0.29) is 11.5 Å². The fourth-order valence-corrected chi connectivity index (χ4v) is 2.42. The third kappa shape index (κ3) is 4.20. The first-order valence-electron chi connectivity index (χ1n) is 7.04. The van der Waals surface area contributed by atoms with Crippen LogP contribution in [0.2, 0.25) is 5.02 Å². The van der Waals surface area contributed by atoms with Gasteiger partial charge in [-0.15, -0.1) is 0 Å². The van der Waals surface area contributed by atoms with Crippen molar-refractivity contribution in [2.24, 2.45) is 5.10 Å². The van der Waals surface area contributed by atoms with Gasteiger partial charge >= 0.3 is 0 Å². The minimum absolute atomic E-state index is 0.0804. The lowest BCUT2D eigenvalue weighted by molar-refractivity contribution is 0.438. The molecule has 0 spiro atoms. The van der Waals surface area contributed by atoms with Crippen LogP contribution in [0.15, 0.2) is 29.4 Å². The molecule has 1 aromatic rings. The number of likely N-dealkylation sites (tertiary alicyclic amines) is 1. The topological polar surface area (TPSA) is 75.3 Å². The maximum absolute atomic E-state index is 9.22. The number of nitrogens with zero attached hydrogens (tertiary/aromatic N) is 3. The van der Waals surface area contributed by atoms with Crippen molar-refractivity contribution in [2.75, 3.05) is 18.5 Å². The summed E-state index contributed by atoms with van der Waals surface area (Å²) >= 11 is 6.02. The Morgan fingerprint density at radius 2 is 1.90 bits per heavy atom. The summed E-state index contributed by atoms with van der Waals surface area (Å²) in [6, 6.07) is 9.15. The van der Waals surface area contributed by atoms with Gasteiger partial charge in [0.05, 0.1) is 10.7 Å². The maximum atomic E-state index is 9.22. The minimum atomic E-state index is 0.0804. The predicted octanol–water partition coefficient (Wildman–Crippen LogP) is 3.48. The van der Waals surface area contributed by atoms with Crippen LogP contribution in [0.25, 0.3) is 0 Å². The number of benzene rings is 1. The molecule has 6 heteroatoms. The number of para-hydroxylation sites is 1. The summed E-state index contributed by atoms with van der Waals surface area (Å²) in [5.74, 6) is 0.180. The second-order valence-corrected chi connectivity index (χ2v) is 5.32. The van der Waals surface area contributed by atoms with Crippen LogP contribution >= 0.6 is 11.6 Å². The fourth-order valence-electron chi connectivity index (χ4n) is 2.24. The number of nitriles is 1. The fraction of sp³-hybridized carbons (Fsp3) is 0.400. The highest BCUT2D eigenvalue weighted by Gasteiger charge is 2.17. The molecule has 2 N–H and O–H groups in total. The number of hydrogen-bond donors (Lipinski definition) is 2. The second kappa shape index (κ2) is 7.65. The molecule has 21 heavy (non-hydrogen) atoms. The number of hydrogen-bond acceptors (Lipinski definition) is 4. The van der Waals surface area contributed by atoms with E-state index in [1.165, 1.54) is 12.8 Å². The summed E-state index contributed by atoms with van der Waals surface area (Å²) in [6.45, 7) is 1.62. The van der Waals surface area contributed by atoms with Crippen molar-refractivity contribution in [2.45, 2.75) is 25.7 Å². The molecule has 0 aliphatic carbocycles. The number of anilines is 1. The smallest absolute Gasteiger partial charge is 0.202 e. The van der Waals surface area contributed by atoms with Gasteiger partial charge in [-0.2, -0.15) is 10.4 Å². The third-order valence-electron chi connectivity index (χ3n) is 3.41. The average Bonchev–Trinajstić information content (AvgIpc) is 2.78. The number of halogens is 1. The van der Waals surface area contributed by atoms with E-state index in [2.05, 4.69) is 10.5 Å². The first-order valence-corrected chi connectivity index (χ1v) is 7.42. The van der Waals surface area contributed by atoms with E-state index in [0.717, 1.165) is 25.9 Å². The standard InChI is InChI=1S/C15H18ClN5/c16-12-7-3-4-8-13(12)19-20-14(11-17)15(18)21-9-5-1-2-6-10-21/h3-4,7-8,18-19H,1-2,5-6,9-10H2/b18-15?,20-14+. The Hall–Kier alpha value is -2.06. The first-order chi connectivity index (χ1) is 10.2. The van der Waals surface area contributed by atoms with Crippen LogP contribution in [0.3, 0.4) is 0 Å². The van der Waals surface area contributed by atoms with Gasteiger partial charge in [0.15, 0.2) is 5.84 Å². The molecular weight excluding hydrogens is 286 g/mol. The lowest BCUT2D eigenvalue weighted by Crippen LogP contribution is -2.36. The first kappa shape index (κ1) is 15.3. The quantitative estimate of drug-likeness (QED) is 0.510. The highest BCUT2D eigenvalue weighted by molar-refractivity contribution is 6.46. The highest BCUT2D eigenvalue weighted by Crippen LogP contribution is 2.20. The van der Waals surface area contributed by atoms with Crippen LogP contribution in [0.5, 0.6) is 0 Å². The van der Waals surface area contributed by atoms with Gasteiger partial charge in [-0.3, -0.25) is 10.8 Å². The Balaban J connectivity index is 2.08. The Labute approximate surface area is 129 Å². The van der Waals surface area contributed by atoms with Gasteiger partial charge in [-0.05, 0) is 25.0 Å². The molecule has 0 bridgehead atoms. The Morgan fingerprint density at radius 1 is 1.24 bits per heavy atom. The summed E-state index contributed by atoms with van der Waals surface area (Å²) in [6.07, 6.45) is 4.47. The van der Waals surface area contributed by atoms with Gasteiger partial charge in [0, 0.05) is 13.1 Å². The van der Waals surface area contributed by atoms with Crippen molar-refractivity contribution in [3.63, 3.8) is 0 Å². The van der Waals surface area contributed by atoms with E-state index >= 15 is 0 Å². The predicted molar refractivity (Wildman–Crippen MR) is 85.9 cm³/mol. The maximum Gasteiger partial charge on any atom is 0.202 e. The monoisotopic (exact) mass is 303 g/mol. The SMILES string of the molecule is N#C/C(=N\Nc1ccccc1Cl)C(=N)N1CCCCCC1. The molecule has 1 aliphatic rings. The van der Waals surface area contributed by atoms with E-state index < -0.39 is 0 Å². The summed E-state index contributed by atoms with van der Waals surface area (Å²) in [5, 5.41) is 21.9. The summed E-state index contributed by atoms with van der Waals surface area (Å²) in [7, 11) is 0. The van der Waals surface area contributed by atoms with E-state index in [1.54, 1.807) is 12.1 Å². The largest absolute Gasteiger partial charge is 0.355 e. The van der Waals surface area contributed by atoms with Gasteiger partial charge in [0.25, 0.3) is 0 Å². The molecule has 110 valence electrons. The molecule has 2 rings (SSSR count). The summed E-state index contributed by atoms with van der Waals surface area (Å²) in [4.78, 5) is 1.92. The van der Waals surface area contributed by atoms with Gasteiger partial charge in [-0.25, -0.2) is 0 Å². The normalized spacial score (nSPS) is 16.0. The van der Waals surface area contributed by atoms with Gasteiger partial charge in [0.1, 0.15) is 6.07 Å². The van der Waals surface area contributed by atoms with Crippen LogP contribution in [0, 0.1) is 16.7 Å². The summed E-state index contributed by atoms with van der Waals surface area (Å²) < 4.78 is 0. The van der Waals surface area contributed by atoms with E-state index in [9.17, 15) is 5.26 Å². The number of hydrazone groups is 1. The zero-order chi connectivity index (χ0) is 15.1. The van der Waals surface area contributed by atoms with Gasteiger partial charge < -0.3 is 4.90 Å². The zero-order valence-electron chi connectivity index (χ0n) is 11.8. The van der Waals surface area contributed by atoms with Crippen LogP contribution in [-0.2, 0) is 0 Å². The van der Waals surface area contributed by atoms with Crippen LogP contribution in [0.1, 0.15) is 25.7 Å². The molecule has 1 fully saturated rings. The summed E-state index contributed by atoms with van der Waals surface area (Å²) in [5.41, 5.74) is 3.47. The number of amidine groups is 1. The highest BCUT2D eigenvalue weighted by atomic mass is 35.5. The lowest BCUT2D eigenvalue weighted by Gasteiger charge is -2.21. The van der Waals surface area contributed by atoms with Crippen LogP contribution in [0.4, 0.5) is 5.69 Å². The van der Waals surface area contributed by atoms with Crippen molar-refractivity contribution >= 4 is 28.8 Å². The molecule has 0 aromatic heterocycles. The molecular formula is C15H18ClN5. The average molecular weight is 304 g/mol. The molecule has 1 heterocycles. The van der Waals surface area contributed by atoms with Crippen molar-refractivity contribution in [3.8, 4) is 6.07 Å². The van der Waals surface area contributed by atoms with E-state index in [0.29, 0.717) is 10.7 Å². The number of nitrogens with one attached hydrogen (secondary N) is 2. The van der Waals surface area contributed by atoms with Gasteiger partial charge in [0.2, 0.25) is 5.71 Å². The third-order valence-corrected chi connectivity index (χ3v) is 3.74. The Kier molecular flexibility index (Phi) is 5.59. The lowest BCUT2D eigenvalue weighted by atomic mass is 10.2. The Morgan fingerprint density at radius 3 is 2.52 bits per heavy atom. The molecule has 0 unspecified atom stereocenters. The van der Waals surface area contributed by atoms with Crippen molar-refractivity contribution in [1.29, 1.82) is 10.7 Å². The zero-order valence-corrected chi connectivity index (χ0v) is 12.5. The molecule has 0 radical (unpaired) electrons. The number of rotatable bonds is 3. The molecule has 0 saturated carbocycles. The van der Waals surface area contributed by atoms with Crippen LogP contribution < -0.4 is 5.43 Å². The minimum Gasteiger partial charge on any atom is -0.355 e. The molecule has 1 aromatic carbocycles. The van der Waals surface area contributed by atoms with Crippen LogP contribution in [-0.4, -0.2) is 29.5 Å². The van der Waals surface area contributed by atoms with E-state index in [1.807, 2.05) is 23.1 Å². The molecule has 0 atom stereocenters. The molecule has 1 saturated heterocycles.